The lowest BCUT2D eigenvalue weighted by Gasteiger charge is -2.22. The monoisotopic (exact) mass is 699 g/mol. The maximum Gasteiger partial charge on any atom is 0.419 e. The fraction of sp³-hybridized carbons (Fsp3) is 0.471. The van der Waals surface area contributed by atoms with Gasteiger partial charge in [0, 0.05) is 26.3 Å². The summed E-state index contributed by atoms with van der Waals surface area (Å²) in [5.41, 5.74) is 1.49. The molecule has 1 unspecified atom stereocenters. The first-order valence-corrected chi connectivity index (χ1v) is 20.3. The maximum absolute atomic E-state index is 14.0. The summed E-state index contributed by atoms with van der Waals surface area (Å²) in [5, 5.41) is 10.0. The van der Waals surface area contributed by atoms with Crippen molar-refractivity contribution in [3.63, 3.8) is 0 Å². The molecule has 4 rings (SSSR count). The number of alkyl halides is 2. The third kappa shape index (κ3) is 8.62. The van der Waals surface area contributed by atoms with E-state index in [0.29, 0.717) is 39.7 Å². The number of fused-ring (bicyclic) bond motifs is 2. The number of nitrogens with zero attached hydrogens (tertiary/aromatic N) is 5. The number of halogens is 2. The van der Waals surface area contributed by atoms with Crippen molar-refractivity contribution < 1.29 is 32.3 Å². The molecular formula is C34H43F2N5O5SSi. The van der Waals surface area contributed by atoms with Crippen LogP contribution < -0.4 is 4.74 Å². The van der Waals surface area contributed by atoms with Crippen LogP contribution in [0.15, 0.2) is 40.9 Å². The van der Waals surface area contributed by atoms with Gasteiger partial charge in [-0.05, 0) is 90.4 Å². The smallest absolute Gasteiger partial charge is 0.419 e. The molecule has 0 saturated carbocycles. The number of hydrogen-bond donors (Lipinski definition) is 0. The van der Waals surface area contributed by atoms with Crippen LogP contribution in [-0.2, 0) is 27.6 Å². The van der Waals surface area contributed by atoms with Gasteiger partial charge in [0.05, 0.1) is 33.7 Å². The number of carbonyl (C=O) groups excluding carboxylic acids is 1. The molecule has 14 heteroatoms. The van der Waals surface area contributed by atoms with E-state index in [1.54, 1.807) is 77.3 Å². The van der Waals surface area contributed by atoms with Gasteiger partial charge in [0.15, 0.2) is 11.5 Å². The van der Waals surface area contributed by atoms with Crippen LogP contribution in [0.2, 0.25) is 25.7 Å². The van der Waals surface area contributed by atoms with Gasteiger partial charge in [-0.3, -0.25) is 9.13 Å². The molecule has 0 aliphatic carbocycles. The van der Waals surface area contributed by atoms with Crippen molar-refractivity contribution in [2.24, 2.45) is 4.40 Å². The molecule has 0 aliphatic rings. The number of aromatic nitrogens is 3. The van der Waals surface area contributed by atoms with Crippen molar-refractivity contribution in [3.05, 3.63) is 59.0 Å². The van der Waals surface area contributed by atoms with Crippen molar-refractivity contribution in [1.29, 1.82) is 5.26 Å². The summed E-state index contributed by atoms with van der Waals surface area (Å²) in [6, 6.07) is 11.0. The van der Waals surface area contributed by atoms with Crippen molar-refractivity contribution in [3.8, 4) is 11.8 Å². The van der Waals surface area contributed by atoms with Gasteiger partial charge in [-0.1, -0.05) is 24.0 Å². The predicted octanol–water partition coefficient (Wildman–Crippen LogP) is 8.17. The average Bonchev–Trinajstić information content (AvgIpc) is 3.54. The van der Waals surface area contributed by atoms with Crippen LogP contribution in [-0.4, -0.2) is 62.1 Å². The molecule has 258 valence electrons. The Bertz CT molecular complexity index is 1890. The number of ether oxygens (including phenoxy) is 3. The second-order valence-electron chi connectivity index (χ2n) is 14.7. The van der Waals surface area contributed by atoms with Gasteiger partial charge in [-0.25, -0.2) is 9.78 Å². The van der Waals surface area contributed by atoms with E-state index < -0.39 is 42.5 Å². The molecule has 0 radical (unpaired) electrons. The second-order valence-corrected chi connectivity index (χ2v) is 22.2. The first-order valence-electron chi connectivity index (χ1n) is 15.5. The standard InChI is InChI=1S/C34H43F2N5O5SSi/c1-21-17-26(45-31(35)36)27(23-13-14-40(29(21)23)32(42)46-33(2,3)4)28(39-47(43)34(5,6)7)30-38-24-12-11-22(19-37)18-25(24)41(30)20-44-15-16-48(8,9)10/h11-14,17-18,31H,15-16,20H2,1-10H3/b39-28+. The van der Waals surface area contributed by atoms with Crippen LogP contribution in [0.5, 0.6) is 5.75 Å². The third-order valence-corrected chi connectivity index (χ3v) is 10.3. The highest BCUT2D eigenvalue weighted by Gasteiger charge is 2.33. The van der Waals surface area contributed by atoms with Crippen molar-refractivity contribution >= 4 is 53.2 Å². The number of hydrogen-bond acceptors (Lipinski definition) is 8. The third-order valence-electron chi connectivity index (χ3n) is 7.17. The summed E-state index contributed by atoms with van der Waals surface area (Å²) in [7, 11) is -1.44. The van der Waals surface area contributed by atoms with Crippen molar-refractivity contribution in [2.45, 2.75) is 97.8 Å². The first-order chi connectivity index (χ1) is 22.2. The van der Waals surface area contributed by atoms with E-state index in [2.05, 4.69) is 30.1 Å². The van der Waals surface area contributed by atoms with Crippen LogP contribution in [0.3, 0.4) is 0 Å². The molecule has 0 bridgehead atoms. The molecule has 0 fully saturated rings. The molecule has 1 atom stereocenters. The summed E-state index contributed by atoms with van der Waals surface area (Å²) in [4.78, 5) is 18.2. The summed E-state index contributed by atoms with van der Waals surface area (Å²) in [6.45, 7) is 16.1. The molecule has 0 aliphatic heterocycles. The molecule has 4 aromatic rings. The lowest BCUT2D eigenvalue weighted by molar-refractivity contribution is -0.0499. The lowest BCUT2D eigenvalue weighted by atomic mass is 10.00. The Kier molecular flexibility index (Phi) is 10.8. The minimum Gasteiger partial charge on any atom is -0.591 e. The molecule has 2 aromatic carbocycles. The number of imidazole rings is 1. The molecule has 0 saturated heterocycles. The van der Waals surface area contributed by atoms with Gasteiger partial charge in [-0.2, -0.15) is 14.0 Å². The van der Waals surface area contributed by atoms with Gasteiger partial charge in [0.25, 0.3) is 0 Å². The number of aryl methyl sites for hydroxylation is 1. The van der Waals surface area contributed by atoms with Gasteiger partial charge < -0.3 is 18.8 Å². The van der Waals surface area contributed by atoms with Gasteiger partial charge in [0.1, 0.15) is 34.2 Å². The Balaban J connectivity index is 2.08. The van der Waals surface area contributed by atoms with Crippen LogP contribution in [0, 0.1) is 18.3 Å². The highest BCUT2D eigenvalue weighted by atomic mass is 32.2. The SMILES string of the molecule is Cc1cc(OC(F)F)c(/C(=N\[S+]([O-])C(C)(C)C)c2nc3ccc(C#N)cc3n2COCC[Si](C)(C)C)c2ccn(C(=O)OC(C)(C)C)c12. The Morgan fingerprint density at radius 3 is 2.42 bits per heavy atom. The van der Waals surface area contributed by atoms with Crippen LogP contribution >= 0.6 is 0 Å². The molecule has 48 heavy (non-hydrogen) atoms. The van der Waals surface area contributed by atoms with Crippen molar-refractivity contribution in [2.75, 3.05) is 6.61 Å². The fourth-order valence-corrected chi connectivity index (χ4v) is 6.23. The van der Waals surface area contributed by atoms with E-state index >= 15 is 0 Å². The Morgan fingerprint density at radius 1 is 1.15 bits per heavy atom. The van der Waals surface area contributed by atoms with E-state index in [1.807, 2.05) is 0 Å². The second kappa shape index (κ2) is 14.0. The first kappa shape index (κ1) is 37.1. The zero-order valence-electron chi connectivity index (χ0n) is 29.1. The van der Waals surface area contributed by atoms with E-state index in [0.717, 1.165) is 6.04 Å². The number of nitriles is 1. The fourth-order valence-electron chi connectivity index (χ4n) is 4.86. The van der Waals surface area contributed by atoms with Crippen molar-refractivity contribution in [1.82, 2.24) is 14.1 Å². The highest BCUT2D eigenvalue weighted by Crippen LogP contribution is 2.37. The maximum atomic E-state index is 14.0. The normalized spacial score (nSPS) is 13.7. The molecule has 0 N–H and O–H groups in total. The quantitative estimate of drug-likeness (QED) is 0.0707. The van der Waals surface area contributed by atoms with Crippen LogP contribution in [0.4, 0.5) is 13.6 Å². The predicted molar refractivity (Wildman–Crippen MR) is 187 cm³/mol. The molecule has 0 spiro atoms. The largest absolute Gasteiger partial charge is 0.591 e. The van der Waals surface area contributed by atoms with Gasteiger partial charge >= 0.3 is 12.7 Å². The summed E-state index contributed by atoms with van der Waals surface area (Å²) in [5.74, 6) is -0.0717. The number of carbonyl (C=O) groups is 1. The summed E-state index contributed by atoms with van der Waals surface area (Å²) >= 11 is -1.90. The Hall–Kier alpha value is -3.77. The molecule has 2 aromatic heterocycles. The zero-order valence-corrected chi connectivity index (χ0v) is 30.9. The van der Waals surface area contributed by atoms with Gasteiger partial charge in [0.2, 0.25) is 0 Å². The lowest BCUT2D eigenvalue weighted by Crippen LogP contribution is -2.28. The Morgan fingerprint density at radius 2 is 1.83 bits per heavy atom. The van der Waals surface area contributed by atoms with Gasteiger partial charge in [-0.15, -0.1) is 0 Å². The summed E-state index contributed by atoms with van der Waals surface area (Å²) in [6.07, 6.45) is 0.819. The van der Waals surface area contributed by atoms with E-state index in [-0.39, 0.29) is 29.6 Å². The topological polar surface area (TPSA) is 127 Å². The molecular weight excluding hydrogens is 657 g/mol. The minimum absolute atomic E-state index is 0.00523. The molecule has 0 amide bonds. The minimum atomic E-state index is -3.20. The van der Waals surface area contributed by atoms with E-state index in [4.69, 9.17) is 19.2 Å². The molecule has 2 heterocycles. The van der Waals surface area contributed by atoms with Crippen LogP contribution in [0.25, 0.3) is 21.9 Å². The number of rotatable bonds is 10. The average molecular weight is 700 g/mol. The van der Waals surface area contributed by atoms with E-state index in [1.165, 1.54) is 16.8 Å². The Labute approximate surface area is 284 Å². The number of benzene rings is 2. The zero-order chi connectivity index (χ0) is 35.8. The summed E-state index contributed by atoms with van der Waals surface area (Å²) < 4.78 is 65.5. The van der Waals surface area contributed by atoms with E-state index in [9.17, 15) is 23.4 Å². The van der Waals surface area contributed by atoms with Crippen LogP contribution in [0.1, 0.15) is 64.1 Å². The molecule has 10 nitrogen and oxygen atoms in total. The highest BCUT2D eigenvalue weighted by molar-refractivity contribution is 7.91.